The maximum absolute atomic E-state index is 12.8. The van der Waals surface area contributed by atoms with Gasteiger partial charge in [-0.15, -0.1) is 15.3 Å². The van der Waals surface area contributed by atoms with Gasteiger partial charge >= 0.3 is 0 Å². The number of ether oxygens (including phenoxy) is 1. The van der Waals surface area contributed by atoms with Crippen LogP contribution in [0, 0.1) is 0 Å². The van der Waals surface area contributed by atoms with Crippen LogP contribution < -0.4 is 15.5 Å². The third-order valence-electron chi connectivity index (χ3n) is 6.81. The maximum atomic E-state index is 12.8. The molecule has 1 saturated carbocycles. The molecule has 1 amide bonds. The number of nitrogens with one attached hydrogen (secondary N) is 2. The van der Waals surface area contributed by atoms with Gasteiger partial charge in [0, 0.05) is 50.4 Å². The normalized spacial score (nSPS) is 24.7. The number of aromatic nitrogens is 4. The van der Waals surface area contributed by atoms with Gasteiger partial charge < -0.3 is 20.3 Å². The Kier molecular flexibility index (Phi) is 7.27. The lowest BCUT2D eigenvalue weighted by molar-refractivity contribution is -0.120. The van der Waals surface area contributed by atoms with E-state index in [1.54, 1.807) is 6.20 Å². The molecule has 10 nitrogen and oxygen atoms in total. The van der Waals surface area contributed by atoms with Crippen LogP contribution in [0.2, 0.25) is 0 Å². The number of hydrogen-bond acceptors (Lipinski definition) is 10. The zero-order valence-electron chi connectivity index (χ0n) is 18.9. The van der Waals surface area contributed by atoms with Crippen molar-refractivity contribution in [3.05, 3.63) is 18.3 Å². The van der Waals surface area contributed by atoms with Crippen LogP contribution in [0.5, 0.6) is 0 Å². The highest BCUT2D eigenvalue weighted by Crippen LogP contribution is 2.28. The predicted octanol–water partition coefficient (Wildman–Crippen LogP) is 2.38. The number of rotatable bonds is 7. The van der Waals surface area contributed by atoms with Crippen molar-refractivity contribution in [3.8, 4) is 0 Å². The van der Waals surface area contributed by atoms with Crippen LogP contribution in [0.3, 0.4) is 0 Å². The molecule has 0 bridgehead atoms. The van der Waals surface area contributed by atoms with Crippen molar-refractivity contribution in [1.29, 1.82) is 0 Å². The summed E-state index contributed by atoms with van der Waals surface area (Å²) in [4.78, 5) is 17.5. The van der Waals surface area contributed by atoms with Gasteiger partial charge in [0.15, 0.2) is 5.82 Å². The highest BCUT2D eigenvalue weighted by atomic mass is 32.1. The Morgan fingerprint density at radius 3 is 2.85 bits per heavy atom. The van der Waals surface area contributed by atoms with E-state index in [1.807, 2.05) is 12.1 Å². The van der Waals surface area contributed by atoms with E-state index in [1.165, 1.54) is 43.4 Å². The van der Waals surface area contributed by atoms with E-state index in [0.29, 0.717) is 24.2 Å². The summed E-state index contributed by atoms with van der Waals surface area (Å²) in [5, 5.41) is 24.2. The molecular weight excluding hydrogens is 440 g/mol. The monoisotopic (exact) mass is 472 g/mol. The Hall–Kier alpha value is -2.37. The van der Waals surface area contributed by atoms with Crippen LogP contribution in [0.4, 0.5) is 16.1 Å². The van der Waals surface area contributed by atoms with Crippen molar-refractivity contribution in [2.24, 2.45) is 0 Å². The second kappa shape index (κ2) is 10.7. The van der Waals surface area contributed by atoms with Crippen molar-refractivity contribution in [3.63, 3.8) is 0 Å². The lowest BCUT2D eigenvalue weighted by Crippen LogP contribution is -2.52. The molecule has 0 radical (unpaired) electrons. The second-order valence-corrected chi connectivity index (χ2v) is 10.1. The average molecular weight is 473 g/mol. The van der Waals surface area contributed by atoms with Crippen molar-refractivity contribution in [2.45, 2.75) is 63.1 Å². The number of amides is 1. The Morgan fingerprint density at radius 2 is 2.00 bits per heavy atom. The quantitative estimate of drug-likeness (QED) is 0.628. The molecule has 2 aromatic rings. The molecule has 2 aliphatic heterocycles. The number of hydrogen-bond donors (Lipinski definition) is 2. The van der Waals surface area contributed by atoms with Gasteiger partial charge in [-0.3, -0.25) is 9.69 Å². The smallest absolute Gasteiger partial charge is 0.227 e. The van der Waals surface area contributed by atoms with E-state index in [0.717, 1.165) is 43.6 Å². The molecule has 2 aromatic heterocycles. The SMILES string of the molecule is O=C(CC1COCCN1C1CCCCC1)Nc1nnc(N[C@@H]2CCN(c3cccnn3)C2)s1. The fraction of sp³-hybridized carbons (Fsp3) is 0.682. The molecule has 178 valence electrons. The fourth-order valence-electron chi connectivity index (χ4n) is 5.18. The summed E-state index contributed by atoms with van der Waals surface area (Å²) in [7, 11) is 0. The lowest BCUT2D eigenvalue weighted by Gasteiger charge is -2.42. The molecule has 33 heavy (non-hydrogen) atoms. The molecule has 3 fully saturated rings. The minimum atomic E-state index is -0.0243. The molecular formula is C22H32N8O2S. The molecule has 11 heteroatoms. The number of carbonyl (C=O) groups excluding carboxylic acids is 1. The molecule has 1 aliphatic carbocycles. The van der Waals surface area contributed by atoms with Gasteiger partial charge in [-0.25, -0.2) is 0 Å². The van der Waals surface area contributed by atoms with Crippen LogP contribution in [0.15, 0.2) is 18.3 Å². The van der Waals surface area contributed by atoms with E-state index in [2.05, 4.69) is 40.8 Å². The van der Waals surface area contributed by atoms with Crippen LogP contribution in [-0.2, 0) is 9.53 Å². The van der Waals surface area contributed by atoms with Gasteiger partial charge in [0.05, 0.1) is 13.2 Å². The summed E-state index contributed by atoms with van der Waals surface area (Å²) < 4.78 is 5.70. The zero-order valence-corrected chi connectivity index (χ0v) is 19.7. The van der Waals surface area contributed by atoms with Gasteiger partial charge in [-0.05, 0) is 31.4 Å². The Morgan fingerprint density at radius 1 is 1.12 bits per heavy atom. The van der Waals surface area contributed by atoms with Gasteiger partial charge in [0.2, 0.25) is 16.2 Å². The summed E-state index contributed by atoms with van der Waals surface area (Å²) in [6, 6.07) is 4.85. The van der Waals surface area contributed by atoms with E-state index in [9.17, 15) is 4.79 Å². The Balaban J connectivity index is 1.11. The minimum absolute atomic E-state index is 0.0243. The van der Waals surface area contributed by atoms with Crippen molar-refractivity contribution in [1.82, 2.24) is 25.3 Å². The number of carbonyl (C=O) groups is 1. The molecule has 3 aliphatic rings. The third kappa shape index (κ3) is 5.77. The first-order chi connectivity index (χ1) is 16.2. The van der Waals surface area contributed by atoms with Gasteiger partial charge in [-0.2, -0.15) is 5.10 Å². The molecule has 5 rings (SSSR count). The van der Waals surface area contributed by atoms with Crippen molar-refractivity contribution in [2.75, 3.05) is 48.4 Å². The van der Waals surface area contributed by atoms with E-state index < -0.39 is 0 Å². The molecule has 0 aromatic carbocycles. The highest BCUT2D eigenvalue weighted by Gasteiger charge is 2.32. The first-order valence-electron chi connectivity index (χ1n) is 12.0. The number of morpholine rings is 1. The summed E-state index contributed by atoms with van der Waals surface area (Å²) in [5.41, 5.74) is 0. The standard InChI is InChI=1S/C22H32N8O2S/c31-20(13-18-15-32-12-11-30(18)17-5-2-1-3-6-17)25-22-28-27-21(33-22)24-16-8-10-29(14-16)19-7-4-9-23-26-19/h4,7,9,16-18H,1-3,5-6,8,10-15H2,(H,24,27)(H,25,28,31)/t16-,18?/m1/s1. The number of nitrogens with zero attached hydrogens (tertiary/aromatic N) is 6. The highest BCUT2D eigenvalue weighted by molar-refractivity contribution is 7.19. The Labute approximate surface area is 198 Å². The van der Waals surface area contributed by atoms with Gasteiger partial charge in [-0.1, -0.05) is 30.6 Å². The van der Waals surface area contributed by atoms with Crippen LogP contribution >= 0.6 is 11.3 Å². The average Bonchev–Trinajstić information content (AvgIpc) is 3.50. The van der Waals surface area contributed by atoms with Gasteiger partial charge in [0.25, 0.3) is 0 Å². The number of anilines is 3. The summed E-state index contributed by atoms with van der Waals surface area (Å²) in [5.74, 6) is 0.865. The van der Waals surface area contributed by atoms with E-state index in [-0.39, 0.29) is 18.0 Å². The topological polar surface area (TPSA) is 108 Å². The molecule has 2 saturated heterocycles. The molecule has 4 heterocycles. The van der Waals surface area contributed by atoms with Gasteiger partial charge in [0.1, 0.15) is 0 Å². The summed E-state index contributed by atoms with van der Waals surface area (Å²) in [6.45, 7) is 4.05. The first-order valence-corrected chi connectivity index (χ1v) is 12.8. The lowest BCUT2D eigenvalue weighted by atomic mass is 9.92. The predicted molar refractivity (Wildman–Crippen MR) is 128 cm³/mol. The molecule has 0 spiro atoms. The van der Waals surface area contributed by atoms with Crippen LogP contribution in [0.25, 0.3) is 0 Å². The summed E-state index contributed by atoms with van der Waals surface area (Å²) in [6.07, 6.45) is 9.47. The first kappa shape index (κ1) is 22.4. The van der Waals surface area contributed by atoms with Crippen molar-refractivity contribution < 1.29 is 9.53 Å². The van der Waals surface area contributed by atoms with E-state index in [4.69, 9.17) is 4.74 Å². The largest absolute Gasteiger partial charge is 0.378 e. The molecule has 2 atom stereocenters. The fourth-order valence-corrected chi connectivity index (χ4v) is 5.91. The zero-order chi connectivity index (χ0) is 22.5. The summed E-state index contributed by atoms with van der Waals surface area (Å²) >= 11 is 1.38. The minimum Gasteiger partial charge on any atom is -0.378 e. The van der Waals surface area contributed by atoms with Crippen molar-refractivity contribution >= 4 is 33.3 Å². The van der Waals surface area contributed by atoms with Crippen LogP contribution in [0.1, 0.15) is 44.9 Å². The second-order valence-electron chi connectivity index (χ2n) is 9.08. The molecule has 1 unspecified atom stereocenters. The molecule has 2 N–H and O–H groups in total. The maximum Gasteiger partial charge on any atom is 0.227 e. The third-order valence-corrected chi connectivity index (χ3v) is 7.58. The Bertz CT molecular complexity index is 907. The van der Waals surface area contributed by atoms with E-state index >= 15 is 0 Å². The van der Waals surface area contributed by atoms with Crippen LogP contribution in [-0.4, -0.2) is 82.2 Å².